The molecule has 7 aromatic rings. The van der Waals surface area contributed by atoms with Crippen LogP contribution in [0.25, 0.3) is 43.1 Å². The average Bonchev–Trinajstić information content (AvgIpc) is 3.06. The fourth-order valence-corrected chi connectivity index (χ4v) is 5.82. The van der Waals surface area contributed by atoms with Gasteiger partial charge >= 0.3 is 11.9 Å². The van der Waals surface area contributed by atoms with Gasteiger partial charge in [-0.1, -0.05) is 108 Å². The van der Waals surface area contributed by atoms with E-state index in [1.165, 1.54) is 0 Å². The number of carbonyl (C=O) groups excluding carboxylic acids is 2. The Morgan fingerprint density at radius 2 is 0.870 bits per heavy atom. The minimum atomic E-state index is -0.520. The van der Waals surface area contributed by atoms with Gasteiger partial charge in [0.05, 0.1) is 0 Å². The molecule has 0 amide bonds. The Labute approximate surface area is 265 Å². The first-order valence-electron chi connectivity index (χ1n) is 15.0. The predicted octanol–water partition coefficient (Wildman–Crippen LogP) is 8.89. The molecule has 0 atom stereocenters. The minimum absolute atomic E-state index is 0.299. The summed E-state index contributed by atoms with van der Waals surface area (Å²) in [5, 5.41) is 6.67. The Kier molecular flexibility index (Phi) is 7.69. The molecule has 7 rings (SSSR count). The van der Waals surface area contributed by atoms with E-state index in [9.17, 15) is 9.59 Å². The molecule has 6 heteroatoms. The van der Waals surface area contributed by atoms with Gasteiger partial charge in [-0.2, -0.15) is 0 Å². The van der Waals surface area contributed by atoms with Crippen LogP contribution in [0.1, 0.15) is 11.1 Å². The summed E-state index contributed by atoms with van der Waals surface area (Å²) in [6, 6.07) is 38.5. The highest BCUT2D eigenvalue weighted by Gasteiger charge is 2.20. The summed E-state index contributed by atoms with van der Waals surface area (Å²) in [6.07, 6.45) is 0. The third-order valence-corrected chi connectivity index (χ3v) is 7.94. The van der Waals surface area contributed by atoms with Crippen molar-refractivity contribution in [2.75, 3.05) is 13.2 Å². The third kappa shape index (κ3) is 5.69. The molecule has 46 heavy (non-hydrogen) atoms. The highest BCUT2D eigenvalue weighted by Crippen LogP contribution is 2.43. The van der Waals surface area contributed by atoms with Crippen molar-refractivity contribution in [3.05, 3.63) is 132 Å². The zero-order valence-electron chi connectivity index (χ0n) is 25.4. The van der Waals surface area contributed by atoms with Crippen LogP contribution in [-0.4, -0.2) is 25.2 Å². The van der Waals surface area contributed by atoms with E-state index in [-0.39, 0.29) is 13.2 Å². The van der Waals surface area contributed by atoms with Gasteiger partial charge in [0.2, 0.25) is 0 Å². The second-order valence-electron chi connectivity index (χ2n) is 11.2. The van der Waals surface area contributed by atoms with Gasteiger partial charge in [-0.25, -0.2) is 9.59 Å². The second kappa shape index (κ2) is 12.3. The third-order valence-electron chi connectivity index (χ3n) is 7.94. The number of fused-ring (bicyclic) bond motifs is 4. The Hall–Kier alpha value is -5.88. The molecule has 0 aliphatic rings. The van der Waals surface area contributed by atoms with Gasteiger partial charge in [0.15, 0.2) is 13.2 Å². The van der Waals surface area contributed by atoms with Crippen molar-refractivity contribution in [3.8, 4) is 23.0 Å². The van der Waals surface area contributed by atoms with Crippen LogP contribution in [0.15, 0.2) is 121 Å². The van der Waals surface area contributed by atoms with E-state index in [4.69, 9.17) is 18.9 Å². The summed E-state index contributed by atoms with van der Waals surface area (Å²) < 4.78 is 24.0. The van der Waals surface area contributed by atoms with Crippen LogP contribution >= 0.6 is 0 Å². The Bertz CT molecular complexity index is 2110. The van der Waals surface area contributed by atoms with Crippen molar-refractivity contribution in [2.45, 2.75) is 13.8 Å². The summed E-state index contributed by atoms with van der Waals surface area (Å²) >= 11 is 0. The first-order valence-corrected chi connectivity index (χ1v) is 15.0. The van der Waals surface area contributed by atoms with Crippen molar-refractivity contribution in [1.82, 2.24) is 0 Å². The molecule has 0 saturated carbocycles. The number of carbonyl (C=O) groups is 2. The van der Waals surface area contributed by atoms with Gasteiger partial charge in [-0.05, 0) is 48.9 Å². The Morgan fingerprint density at radius 1 is 0.457 bits per heavy atom. The minimum Gasteiger partial charge on any atom is -0.481 e. The monoisotopic (exact) mass is 606 g/mol. The van der Waals surface area contributed by atoms with Gasteiger partial charge in [0.25, 0.3) is 0 Å². The van der Waals surface area contributed by atoms with E-state index in [1.807, 2.05) is 123 Å². The number of hydrogen-bond acceptors (Lipinski definition) is 6. The largest absolute Gasteiger partial charge is 0.481 e. The maximum atomic E-state index is 13.1. The van der Waals surface area contributed by atoms with Crippen molar-refractivity contribution in [3.63, 3.8) is 0 Å². The lowest BCUT2D eigenvalue weighted by molar-refractivity contribution is -0.137. The molecule has 0 aromatic heterocycles. The van der Waals surface area contributed by atoms with Gasteiger partial charge in [-0.15, -0.1) is 0 Å². The topological polar surface area (TPSA) is 71.1 Å². The average molecular weight is 607 g/mol. The van der Waals surface area contributed by atoms with E-state index in [2.05, 4.69) is 0 Å². The number of ether oxygens (including phenoxy) is 4. The number of rotatable bonds is 8. The van der Waals surface area contributed by atoms with Crippen LogP contribution in [0.4, 0.5) is 0 Å². The van der Waals surface area contributed by atoms with Crippen molar-refractivity contribution < 1.29 is 28.5 Å². The zero-order chi connectivity index (χ0) is 31.6. The molecule has 0 heterocycles. The van der Waals surface area contributed by atoms with Gasteiger partial charge < -0.3 is 18.9 Å². The predicted molar refractivity (Wildman–Crippen MR) is 181 cm³/mol. The summed E-state index contributed by atoms with van der Waals surface area (Å²) in [6.45, 7) is 3.37. The van der Waals surface area contributed by atoms with Gasteiger partial charge in [0, 0.05) is 32.3 Å². The molecule has 0 aliphatic carbocycles. The van der Waals surface area contributed by atoms with Gasteiger partial charge in [-0.3, -0.25) is 0 Å². The molecule has 226 valence electrons. The molecule has 0 N–H and O–H groups in total. The highest BCUT2D eigenvalue weighted by atomic mass is 16.6. The molecule has 6 nitrogen and oxygen atoms in total. The molecule has 0 aliphatic heterocycles. The number of benzene rings is 7. The number of aryl methyl sites for hydroxylation is 2. The van der Waals surface area contributed by atoms with Crippen LogP contribution in [-0.2, 0) is 9.59 Å². The molecular weight excluding hydrogens is 576 g/mol. The van der Waals surface area contributed by atoms with E-state index < -0.39 is 11.9 Å². The van der Waals surface area contributed by atoms with Crippen molar-refractivity contribution in [1.29, 1.82) is 0 Å². The highest BCUT2D eigenvalue weighted by molar-refractivity contribution is 6.11. The van der Waals surface area contributed by atoms with Crippen molar-refractivity contribution in [2.24, 2.45) is 0 Å². The van der Waals surface area contributed by atoms with Crippen LogP contribution < -0.4 is 18.9 Å². The van der Waals surface area contributed by atoms with Crippen LogP contribution in [0.5, 0.6) is 23.0 Å². The smallest absolute Gasteiger partial charge is 0.349 e. The van der Waals surface area contributed by atoms with Crippen molar-refractivity contribution >= 4 is 55.0 Å². The Morgan fingerprint density at radius 3 is 1.33 bits per heavy atom. The van der Waals surface area contributed by atoms with E-state index in [0.717, 1.165) is 54.2 Å². The normalized spacial score (nSPS) is 11.2. The molecule has 0 bridgehead atoms. The van der Waals surface area contributed by atoms with E-state index in [1.54, 1.807) is 12.1 Å². The first kappa shape index (κ1) is 28.9. The Balaban J connectivity index is 1.19. The molecule has 0 spiro atoms. The van der Waals surface area contributed by atoms with E-state index >= 15 is 0 Å². The maximum Gasteiger partial charge on any atom is 0.349 e. The lowest BCUT2D eigenvalue weighted by Crippen LogP contribution is -2.19. The SMILES string of the molecule is Cc1ccc2c(OCC(=O)Oc3cccc4ccccc34)c3cc(C)ccc3c(OCC(=O)Oc3cccc4ccccc34)c2c1. The summed E-state index contributed by atoms with van der Waals surface area (Å²) in [5.74, 6) is 0.991. The molecule has 7 aromatic carbocycles. The first-order chi connectivity index (χ1) is 22.4. The number of hydrogen-bond donors (Lipinski definition) is 0. The summed E-state index contributed by atoms with van der Waals surface area (Å²) in [5.41, 5.74) is 2.01. The molecule has 0 saturated heterocycles. The summed E-state index contributed by atoms with van der Waals surface area (Å²) in [7, 11) is 0. The maximum absolute atomic E-state index is 13.1. The molecule has 0 radical (unpaired) electrons. The lowest BCUT2D eigenvalue weighted by Gasteiger charge is -2.18. The molecule has 0 fully saturated rings. The summed E-state index contributed by atoms with van der Waals surface area (Å²) in [4.78, 5) is 26.2. The quantitative estimate of drug-likeness (QED) is 0.0978. The van der Waals surface area contributed by atoms with Crippen LogP contribution in [0, 0.1) is 13.8 Å². The number of esters is 2. The fourth-order valence-electron chi connectivity index (χ4n) is 5.82. The lowest BCUT2D eigenvalue weighted by atomic mass is 9.98. The fraction of sp³-hybridized carbons (Fsp3) is 0.100. The second-order valence-corrected chi connectivity index (χ2v) is 11.2. The van der Waals surface area contributed by atoms with Gasteiger partial charge in [0.1, 0.15) is 23.0 Å². The molecule has 0 unspecified atom stereocenters. The molecular formula is C40H30O6. The standard InChI is InChI=1S/C40H30O6/c1-25-17-19-31-33(21-25)39(43-23-37(41)45-35-15-7-11-27-9-3-5-13-29(27)35)32-20-18-26(2)22-34(32)40(31)44-24-38(42)46-36-16-8-12-28-10-4-6-14-30(28)36/h3-22H,23-24H2,1-2H3. The van der Waals surface area contributed by atoms with Crippen LogP contribution in [0.2, 0.25) is 0 Å². The van der Waals surface area contributed by atoms with Crippen LogP contribution in [0.3, 0.4) is 0 Å². The zero-order valence-corrected chi connectivity index (χ0v) is 25.4. The van der Waals surface area contributed by atoms with E-state index in [0.29, 0.717) is 23.0 Å².